The first-order chi connectivity index (χ1) is 12.7. The molecular weight excluding hydrogens is 355 g/mol. The number of fused-ring (bicyclic) bond motifs is 1. The number of hydrogen-bond acceptors (Lipinski definition) is 6. The lowest BCUT2D eigenvalue weighted by molar-refractivity contribution is 0.0996. The summed E-state index contributed by atoms with van der Waals surface area (Å²) < 4.78 is 15.0. The number of hydrogen-bond donors (Lipinski definition) is 0. The number of pyridine rings is 1. The highest BCUT2D eigenvalue weighted by atomic mass is 32.1. The normalized spacial score (nSPS) is 19.4. The van der Waals surface area contributed by atoms with Crippen LogP contribution < -0.4 is 9.80 Å². The minimum Gasteiger partial charge on any atom is -0.354 e. The minimum absolute atomic E-state index is 0.0863. The predicted octanol–water partition coefficient (Wildman–Crippen LogP) is 2.43. The van der Waals surface area contributed by atoms with Crippen molar-refractivity contribution >= 4 is 28.2 Å². The van der Waals surface area contributed by atoms with E-state index in [4.69, 9.17) is 0 Å². The van der Waals surface area contributed by atoms with Gasteiger partial charge in [0.2, 0.25) is 0 Å². The summed E-state index contributed by atoms with van der Waals surface area (Å²) in [6.45, 7) is 1.50. The van der Waals surface area contributed by atoms with E-state index in [2.05, 4.69) is 15.1 Å². The van der Waals surface area contributed by atoms with Gasteiger partial charge in [0, 0.05) is 24.3 Å². The van der Waals surface area contributed by atoms with Gasteiger partial charge in [-0.15, -0.1) is 11.3 Å². The molecule has 2 aliphatic heterocycles. The second-order valence-corrected chi connectivity index (χ2v) is 7.22. The van der Waals surface area contributed by atoms with Crippen molar-refractivity contribution in [1.29, 1.82) is 0 Å². The lowest BCUT2D eigenvalue weighted by Gasteiger charge is -2.16. The van der Waals surface area contributed by atoms with E-state index in [1.54, 1.807) is 28.2 Å². The van der Waals surface area contributed by atoms with Crippen LogP contribution in [0.15, 0.2) is 36.1 Å². The number of anilines is 2. The quantitative estimate of drug-likeness (QED) is 0.708. The van der Waals surface area contributed by atoms with Crippen molar-refractivity contribution in [3.8, 4) is 5.69 Å². The maximum absolute atomic E-state index is 13.3. The molecule has 26 heavy (non-hydrogen) atoms. The standard InChI is InChI=1S/C17H15FN6OS/c18-11-3-5-22(8-11)15-2-1-12(7-20-15)24-9-13-14(21-24)10-23(16(13)25)17-19-4-6-26-17/h1-2,4,6-7,9,11H,3,5,8,10H2/t11-/m0/s1. The van der Waals surface area contributed by atoms with Gasteiger partial charge in [-0.3, -0.25) is 9.69 Å². The van der Waals surface area contributed by atoms with Crippen LogP contribution in [0.5, 0.6) is 0 Å². The average molecular weight is 370 g/mol. The summed E-state index contributed by atoms with van der Waals surface area (Å²) in [6, 6.07) is 3.75. The Bertz CT molecular complexity index is 954. The summed E-state index contributed by atoms with van der Waals surface area (Å²) in [5.41, 5.74) is 2.09. The van der Waals surface area contributed by atoms with E-state index in [0.29, 0.717) is 36.8 Å². The van der Waals surface area contributed by atoms with Crippen LogP contribution in [0.1, 0.15) is 22.5 Å². The van der Waals surface area contributed by atoms with Gasteiger partial charge in [0.15, 0.2) is 5.13 Å². The Morgan fingerprint density at radius 1 is 1.27 bits per heavy atom. The van der Waals surface area contributed by atoms with Gasteiger partial charge in [0.1, 0.15) is 12.0 Å². The topological polar surface area (TPSA) is 67.2 Å². The van der Waals surface area contributed by atoms with E-state index in [-0.39, 0.29) is 5.91 Å². The van der Waals surface area contributed by atoms with Gasteiger partial charge in [-0.1, -0.05) is 0 Å². The first-order valence-corrected chi connectivity index (χ1v) is 9.22. The van der Waals surface area contributed by atoms with E-state index >= 15 is 0 Å². The highest BCUT2D eigenvalue weighted by Crippen LogP contribution is 2.29. The van der Waals surface area contributed by atoms with Gasteiger partial charge in [0.05, 0.1) is 36.2 Å². The molecule has 0 radical (unpaired) electrons. The number of amides is 1. The molecule has 5 rings (SSSR count). The molecule has 0 N–H and O–H groups in total. The number of carbonyl (C=O) groups is 1. The molecule has 1 amide bonds. The van der Waals surface area contributed by atoms with Crippen molar-refractivity contribution in [2.45, 2.75) is 19.1 Å². The Balaban J connectivity index is 1.37. The predicted molar refractivity (Wildman–Crippen MR) is 95.7 cm³/mol. The lowest BCUT2D eigenvalue weighted by atomic mass is 10.3. The SMILES string of the molecule is O=C1c2cn(-c3ccc(N4CC[C@H](F)C4)nc3)nc2CN1c1nccs1. The summed E-state index contributed by atoms with van der Waals surface area (Å²) in [6.07, 6.45) is 4.88. The number of carbonyl (C=O) groups excluding carboxylic acids is 1. The van der Waals surface area contributed by atoms with Crippen molar-refractivity contribution in [1.82, 2.24) is 19.7 Å². The molecule has 1 atom stereocenters. The monoisotopic (exact) mass is 370 g/mol. The van der Waals surface area contributed by atoms with Crippen LogP contribution in [0.25, 0.3) is 5.69 Å². The second-order valence-electron chi connectivity index (χ2n) is 6.35. The van der Waals surface area contributed by atoms with Crippen molar-refractivity contribution in [3.05, 3.63) is 47.4 Å². The summed E-state index contributed by atoms with van der Waals surface area (Å²) in [5.74, 6) is 0.677. The van der Waals surface area contributed by atoms with E-state index in [1.165, 1.54) is 11.3 Å². The molecule has 0 bridgehead atoms. The fraction of sp³-hybridized carbons (Fsp3) is 0.294. The van der Waals surface area contributed by atoms with Crippen LogP contribution in [0.2, 0.25) is 0 Å². The Morgan fingerprint density at radius 2 is 2.19 bits per heavy atom. The van der Waals surface area contributed by atoms with E-state index in [9.17, 15) is 9.18 Å². The zero-order valence-corrected chi connectivity index (χ0v) is 14.6. The van der Waals surface area contributed by atoms with Gasteiger partial charge in [0.25, 0.3) is 5.91 Å². The zero-order valence-electron chi connectivity index (χ0n) is 13.7. The number of halogens is 1. The van der Waals surface area contributed by atoms with Gasteiger partial charge < -0.3 is 4.90 Å². The fourth-order valence-electron chi connectivity index (χ4n) is 3.33. The Kier molecular flexibility index (Phi) is 3.49. The van der Waals surface area contributed by atoms with Crippen molar-refractivity contribution in [3.63, 3.8) is 0 Å². The van der Waals surface area contributed by atoms with Crippen molar-refractivity contribution in [2.24, 2.45) is 0 Å². The van der Waals surface area contributed by atoms with Crippen LogP contribution >= 0.6 is 11.3 Å². The van der Waals surface area contributed by atoms with Gasteiger partial charge in [-0.25, -0.2) is 19.0 Å². The highest BCUT2D eigenvalue weighted by molar-refractivity contribution is 7.13. The zero-order chi connectivity index (χ0) is 17.7. The maximum atomic E-state index is 13.3. The number of alkyl halides is 1. The van der Waals surface area contributed by atoms with Gasteiger partial charge >= 0.3 is 0 Å². The fourth-order valence-corrected chi connectivity index (χ4v) is 3.97. The molecule has 1 fully saturated rings. The number of aromatic nitrogens is 4. The molecular formula is C17H15FN6OS. The van der Waals surface area contributed by atoms with Crippen LogP contribution in [0.3, 0.4) is 0 Å². The Labute approximate surface area is 152 Å². The largest absolute Gasteiger partial charge is 0.354 e. The third-order valence-corrected chi connectivity index (χ3v) is 5.47. The molecule has 0 aromatic carbocycles. The maximum Gasteiger partial charge on any atom is 0.264 e. The average Bonchev–Trinajstić information content (AvgIpc) is 3.41. The Hall–Kier alpha value is -2.81. The summed E-state index contributed by atoms with van der Waals surface area (Å²) in [4.78, 5) is 24.8. The second kappa shape index (κ2) is 5.87. The molecule has 0 saturated carbocycles. The summed E-state index contributed by atoms with van der Waals surface area (Å²) in [5, 5.41) is 7.06. The molecule has 0 spiro atoms. The van der Waals surface area contributed by atoms with Crippen molar-refractivity contribution < 1.29 is 9.18 Å². The third-order valence-electron chi connectivity index (χ3n) is 4.68. The molecule has 3 aromatic heterocycles. The van der Waals surface area contributed by atoms with E-state index in [0.717, 1.165) is 17.2 Å². The van der Waals surface area contributed by atoms with Crippen LogP contribution in [-0.2, 0) is 6.54 Å². The molecule has 1 saturated heterocycles. The van der Waals surface area contributed by atoms with Crippen molar-refractivity contribution in [2.75, 3.05) is 22.9 Å². The molecule has 0 aliphatic carbocycles. The van der Waals surface area contributed by atoms with Crippen LogP contribution in [0.4, 0.5) is 15.3 Å². The van der Waals surface area contributed by atoms with Crippen LogP contribution in [-0.4, -0.2) is 44.9 Å². The molecule has 5 heterocycles. The van der Waals surface area contributed by atoms with E-state index in [1.807, 2.05) is 22.4 Å². The minimum atomic E-state index is -0.780. The summed E-state index contributed by atoms with van der Waals surface area (Å²) in [7, 11) is 0. The van der Waals surface area contributed by atoms with E-state index < -0.39 is 6.17 Å². The molecule has 7 nitrogen and oxygen atoms in total. The third kappa shape index (κ3) is 2.47. The lowest BCUT2D eigenvalue weighted by Crippen LogP contribution is -2.23. The number of nitrogens with zero attached hydrogens (tertiary/aromatic N) is 6. The molecule has 9 heteroatoms. The number of rotatable bonds is 3. The first kappa shape index (κ1) is 15.4. The van der Waals surface area contributed by atoms with Gasteiger partial charge in [-0.2, -0.15) is 5.10 Å². The molecule has 3 aromatic rings. The van der Waals surface area contributed by atoms with Gasteiger partial charge in [-0.05, 0) is 18.6 Å². The number of thiazole rings is 1. The Morgan fingerprint density at radius 3 is 2.85 bits per heavy atom. The molecule has 0 unspecified atom stereocenters. The molecule has 132 valence electrons. The highest BCUT2D eigenvalue weighted by Gasteiger charge is 2.33. The smallest absolute Gasteiger partial charge is 0.264 e. The summed E-state index contributed by atoms with van der Waals surface area (Å²) >= 11 is 1.43. The first-order valence-electron chi connectivity index (χ1n) is 8.34. The van der Waals surface area contributed by atoms with Crippen LogP contribution in [0, 0.1) is 0 Å². The molecule has 2 aliphatic rings.